The number of thioether (sulfide) groups is 1. The number of halogens is 1. The van der Waals surface area contributed by atoms with E-state index in [1.54, 1.807) is 36.0 Å². The van der Waals surface area contributed by atoms with Crippen LogP contribution < -0.4 is 5.32 Å². The normalized spacial score (nSPS) is 19.6. The Morgan fingerprint density at radius 2 is 1.82 bits per heavy atom. The number of sulfone groups is 1. The quantitative estimate of drug-likeness (QED) is 0.775. The fourth-order valence-electron chi connectivity index (χ4n) is 4.06. The zero-order chi connectivity index (χ0) is 19.8. The Morgan fingerprint density at radius 1 is 1.11 bits per heavy atom. The molecule has 1 amide bonds. The third-order valence-corrected chi connectivity index (χ3v) is 9.16. The topological polar surface area (TPSA) is 66.5 Å². The van der Waals surface area contributed by atoms with E-state index in [0.29, 0.717) is 28.6 Å². The SMILES string of the molecule is O=C1CSC2(CCNCC2)N1CCCS(=O)(=O)c1ccc2cc(Cl)ccc2c1. The van der Waals surface area contributed by atoms with Crippen LogP contribution in [0.2, 0.25) is 5.02 Å². The Morgan fingerprint density at radius 3 is 2.61 bits per heavy atom. The van der Waals surface area contributed by atoms with Gasteiger partial charge in [-0.3, -0.25) is 4.79 Å². The van der Waals surface area contributed by atoms with Gasteiger partial charge < -0.3 is 10.2 Å². The van der Waals surface area contributed by atoms with Crippen LogP contribution in [0.25, 0.3) is 10.8 Å². The van der Waals surface area contributed by atoms with Crippen molar-refractivity contribution in [1.29, 1.82) is 0 Å². The van der Waals surface area contributed by atoms with Crippen molar-refractivity contribution >= 4 is 49.9 Å². The molecule has 0 aromatic heterocycles. The summed E-state index contributed by atoms with van der Waals surface area (Å²) in [6, 6.07) is 10.5. The minimum atomic E-state index is -3.40. The summed E-state index contributed by atoms with van der Waals surface area (Å²) < 4.78 is 25.6. The van der Waals surface area contributed by atoms with Crippen LogP contribution in [0.5, 0.6) is 0 Å². The lowest BCUT2D eigenvalue weighted by Gasteiger charge is -2.40. The smallest absolute Gasteiger partial charge is 0.233 e. The lowest BCUT2D eigenvalue weighted by atomic mass is 10.0. The lowest BCUT2D eigenvalue weighted by molar-refractivity contribution is -0.130. The molecule has 2 aromatic carbocycles. The van der Waals surface area contributed by atoms with Crippen molar-refractivity contribution in [1.82, 2.24) is 10.2 Å². The maximum absolute atomic E-state index is 12.8. The van der Waals surface area contributed by atoms with E-state index in [4.69, 9.17) is 11.6 Å². The number of carbonyl (C=O) groups excluding carboxylic acids is 1. The number of hydrogen-bond donors (Lipinski definition) is 1. The molecule has 2 saturated heterocycles. The van der Waals surface area contributed by atoms with E-state index in [2.05, 4.69) is 5.32 Å². The van der Waals surface area contributed by atoms with Crippen molar-refractivity contribution in [2.75, 3.05) is 31.1 Å². The molecule has 0 saturated carbocycles. The summed E-state index contributed by atoms with van der Waals surface area (Å²) in [6.45, 7) is 2.29. The first-order chi connectivity index (χ1) is 13.4. The Kier molecular flexibility index (Phi) is 5.62. The van der Waals surface area contributed by atoms with E-state index in [9.17, 15) is 13.2 Å². The molecule has 1 spiro atoms. The summed E-state index contributed by atoms with van der Waals surface area (Å²) in [5, 5.41) is 5.73. The second-order valence-corrected chi connectivity index (χ2v) is 11.2. The lowest BCUT2D eigenvalue weighted by Crippen LogP contribution is -2.51. The Hall–Kier alpha value is -1.28. The minimum Gasteiger partial charge on any atom is -0.327 e. The largest absolute Gasteiger partial charge is 0.327 e. The van der Waals surface area contributed by atoms with Crippen LogP contribution in [-0.4, -0.2) is 55.2 Å². The number of piperidine rings is 1. The zero-order valence-electron chi connectivity index (χ0n) is 15.5. The average Bonchev–Trinajstić information content (AvgIpc) is 2.97. The molecule has 1 N–H and O–H groups in total. The van der Waals surface area contributed by atoms with Crippen LogP contribution in [0, 0.1) is 0 Å². The number of carbonyl (C=O) groups is 1. The molecule has 28 heavy (non-hydrogen) atoms. The molecule has 0 atom stereocenters. The maximum atomic E-state index is 12.8. The highest BCUT2D eigenvalue weighted by molar-refractivity contribution is 8.01. The standard InChI is InChI=1S/C20H23ClN2O3S2/c21-17-4-2-16-13-18(5-3-15(16)12-17)28(25,26)11-1-10-23-19(24)14-27-20(23)6-8-22-9-7-20/h2-5,12-13,22H,1,6-11,14H2. The Balaban J connectivity index is 1.45. The van der Waals surface area contributed by atoms with E-state index in [0.717, 1.165) is 36.7 Å². The number of rotatable bonds is 5. The van der Waals surface area contributed by atoms with E-state index < -0.39 is 9.84 Å². The first-order valence-corrected chi connectivity index (χ1v) is 12.5. The minimum absolute atomic E-state index is 0.0366. The van der Waals surface area contributed by atoms with Crippen molar-refractivity contribution < 1.29 is 13.2 Å². The van der Waals surface area contributed by atoms with Crippen LogP contribution in [0.3, 0.4) is 0 Å². The van der Waals surface area contributed by atoms with Crippen LogP contribution >= 0.6 is 23.4 Å². The highest BCUT2D eigenvalue weighted by atomic mass is 35.5. The van der Waals surface area contributed by atoms with Gasteiger partial charge in [-0.2, -0.15) is 0 Å². The summed E-state index contributed by atoms with van der Waals surface area (Å²) in [5.74, 6) is 0.668. The van der Waals surface area contributed by atoms with Gasteiger partial charge in [-0.25, -0.2) is 8.42 Å². The van der Waals surface area contributed by atoms with Crippen LogP contribution in [0.15, 0.2) is 41.3 Å². The molecule has 0 radical (unpaired) electrons. The summed E-state index contributed by atoms with van der Waals surface area (Å²) in [6.07, 6.45) is 2.29. The number of nitrogens with one attached hydrogen (secondary N) is 1. The molecule has 150 valence electrons. The number of hydrogen-bond acceptors (Lipinski definition) is 5. The third-order valence-electron chi connectivity index (χ3n) is 5.57. The summed E-state index contributed by atoms with van der Waals surface area (Å²) in [4.78, 5) is 14.5. The summed E-state index contributed by atoms with van der Waals surface area (Å²) >= 11 is 7.71. The van der Waals surface area contributed by atoms with Crippen LogP contribution in [-0.2, 0) is 14.6 Å². The number of nitrogens with zero attached hydrogens (tertiary/aromatic N) is 1. The number of amides is 1. The molecule has 0 aliphatic carbocycles. The van der Waals surface area contributed by atoms with Crippen LogP contribution in [0.4, 0.5) is 0 Å². The van der Waals surface area contributed by atoms with Crippen molar-refractivity contribution in [2.45, 2.75) is 29.0 Å². The second kappa shape index (κ2) is 7.86. The first-order valence-electron chi connectivity index (χ1n) is 9.47. The molecule has 2 aliphatic heterocycles. The molecule has 0 unspecified atom stereocenters. The molecule has 2 fully saturated rings. The predicted molar refractivity (Wildman–Crippen MR) is 115 cm³/mol. The number of fused-ring (bicyclic) bond motifs is 1. The fourth-order valence-corrected chi connectivity index (χ4v) is 6.95. The highest BCUT2D eigenvalue weighted by Crippen LogP contribution is 2.43. The van der Waals surface area contributed by atoms with Crippen LogP contribution in [0.1, 0.15) is 19.3 Å². The van der Waals surface area contributed by atoms with Gasteiger partial charge in [0.05, 0.1) is 21.3 Å². The van der Waals surface area contributed by atoms with Crippen molar-refractivity contribution in [3.8, 4) is 0 Å². The molecule has 2 aromatic rings. The Bertz CT molecular complexity index is 1000. The molecule has 0 bridgehead atoms. The van der Waals surface area contributed by atoms with Crippen molar-refractivity contribution in [3.05, 3.63) is 41.4 Å². The molecule has 8 heteroatoms. The highest BCUT2D eigenvalue weighted by Gasteiger charge is 2.46. The van der Waals surface area contributed by atoms with Gasteiger partial charge in [0.1, 0.15) is 0 Å². The van der Waals surface area contributed by atoms with Gasteiger partial charge in [-0.1, -0.05) is 23.7 Å². The molecule has 5 nitrogen and oxygen atoms in total. The summed E-state index contributed by atoms with van der Waals surface area (Å²) in [5.41, 5.74) is 0. The van der Waals surface area contributed by atoms with E-state index in [1.807, 2.05) is 17.0 Å². The molecular weight excluding hydrogens is 416 g/mol. The first kappa shape index (κ1) is 20.0. The second-order valence-electron chi connectivity index (χ2n) is 7.36. The molecule has 2 heterocycles. The third kappa shape index (κ3) is 3.90. The van der Waals surface area contributed by atoms with Gasteiger partial charge in [0.25, 0.3) is 0 Å². The monoisotopic (exact) mass is 438 g/mol. The average molecular weight is 439 g/mol. The van der Waals surface area contributed by atoms with Crippen molar-refractivity contribution in [2.24, 2.45) is 0 Å². The zero-order valence-corrected chi connectivity index (χ0v) is 17.9. The van der Waals surface area contributed by atoms with Gasteiger partial charge in [-0.05, 0) is 67.4 Å². The number of benzene rings is 2. The van der Waals surface area contributed by atoms with Gasteiger partial charge in [0.15, 0.2) is 9.84 Å². The van der Waals surface area contributed by atoms with Gasteiger partial charge in [0.2, 0.25) is 5.91 Å². The Labute approximate surface area is 174 Å². The maximum Gasteiger partial charge on any atom is 0.233 e. The van der Waals surface area contributed by atoms with Gasteiger partial charge in [0, 0.05) is 11.6 Å². The fraction of sp³-hybridized carbons (Fsp3) is 0.450. The molecular formula is C20H23ClN2O3S2. The van der Waals surface area contributed by atoms with E-state index >= 15 is 0 Å². The predicted octanol–water partition coefficient (Wildman–Crippen LogP) is 3.31. The van der Waals surface area contributed by atoms with E-state index in [-0.39, 0.29) is 16.5 Å². The van der Waals surface area contributed by atoms with Gasteiger partial charge in [-0.15, -0.1) is 11.8 Å². The van der Waals surface area contributed by atoms with E-state index in [1.165, 1.54) is 0 Å². The molecule has 4 rings (SSSR count). The van der Waals surface area contributed by atoms with Gasteiger partial charge >= 0.3 is 0 Å². The summed E-state index contributed by atoms with van der Waals surface area (Å²) in [7, 11) is -3.40. The van der Waals surface area contributed by atoms with Crippen molar-refractivity contribution in [3.63, 3.8) is 0 Å². The molecule has 2 aliphatic rings.